The third-order valence-corrected chi connectivity index (χ3v) is 2.95. The molecule has 0 fully saturated rings. The van der Waals surface area contributed by atoms with E-state index in [0.29, 0.717) is 11.8 Å². The maximum Gasteiger partial charge on any atom is 0.328 e. The maximum atomic E-state index is 11.3. The monoisotopic (exact) mass is 296 g/mol. The van der Waals surface area contributed by atoms with Crippen molar-refractivity contribution in [1.29, 1.82) is 0 Å². The van der Waals surface area contributed by atoms with Crippen molar-refractivity contribution in [3.8, 4) is 0 Å². The average molecular weight is 297 g/mol. The standard InChI is InChI=1S/C13H13BrO3/c1-9-6-10(3-5-13(16)17)2-4-11(9)7-12(15)8-14/h2-6H,7-8H2,1H3,(H,16,17)/b5-3+. The first-order valence-electron chi connectivity index (χ1n) is 5.11. The molecular weight excluding hydrogens is 284 g/mol. The van der Waals surface area contributed by atoms with Gasteiger partial charge in [0.25, 0.3) is 0 Å². The number of alkyl halides is 1. The summed E-state index contributed by atoms with van der Waals surface area (Å²) in [7, 11) is 0. The Morgan fingerprint density at radius 3 is 2.65 bits per heavy atom. The minimum absolute atomic E-state index is 0.127. The van der Waals surface area contributed by atoms with Gasteiger partial charge in [0.05, 0.1) is 5.33 Å². The number of rotatable bonds is 5. The van der Waals surface area contributed by atoms with Crippen LogP contribution >= 0.6 is 15.9 Å². The van der Waals surface area contributed by atoms with Crippen LogP contribution in [-0.2, 0) is 16.0 Å². The molecule has 1 rings (SSSR count). The fourth-order valence-electron chi connectivity index (χ4n) is 1.45. The number of carbonyl (C=O) groups excluding carboxylic acids is 1. The Balaban J connectivity index is 2.86. The Kier molecular flexibility index (Phi) is 5.10. The molecule has 0 spiro atoms. The highest BCUT2D eigenvalue weighted by atomic mass is 79.9. The largest absolute Gasteiger partial charge is 0.478 e. The SMILES string of the molecule is Cc1cc(/C=C/C(=O)O)ccc1CC(=O)CBr. The van der Waals surface area contributed by atoms with Gasteiger partial charge in [0, 0.05) is 12.5 Å². The lowest BCUT2D eigenvalue weighted by atomic mass is 10.0. The van der Waals surface area contributed by atoms with Crippen molar-refractivity contribution in [2.24, 2.45) is 0 Å². The molecule has 90 valence electrons. The Morgan fingerprint density at radius 2 is 2.12 bits per heavy atom. The number of hydrogen-bond acceptors (Lipinski definition) is 2. The van der Waals surface area contributed by atoms with Gasteiger partial charge in [-0.15, -0.1) is 0 Å². The molecule has 0 radical (unpaired) electrons. The molecule has 0 heterocycles. The molecule has 0 bridgehead atoms. The van der Waals surface area contributed by atoms with Crippen molar-refractivity contribution < 1.29 is 14.7 Å². The number of hydrogen-bond donors (Lipinski definition) is 1. The summed E-state index contributed by atoms with van der Waals surface area (Å²) in [6, 6.07) is 5.54. The van der Waals surface area contributed by atoms with Crippen molar-refractivity contribution >= 4 is 33.8 Å². The predicted molar refractivity (Wildman–Crippen MR) is 70.4 cm³/mol. The second-order valence-corrected chi connectivity index (χ2v) is 4.27. The summed E-state index contributed by atoms with van der Waals surface area (Å²) in [6.07, 6.45) is 3.03. The molecule has 1 aromatic carbocycles. The zero-order valence-electron chi connectivity index (χ0n) is 9.44. The molecule has 0 aromatic heterocycles. The van der Waals surface area contributed by atoms with Gasteiger partial charge in [-0.05, 0) is 29.7 Å². The molecule has 0 aliphatic carbocycles. The normalized spacial score (nSPS) is 10.7. The van der Waals surface area contributed by atoms with Crippen LogP contribution in [-0.4, -0.2) is 22.2 Å². The fourth-order valence-corrected chi connectivity index (χ4v) is 1.65. The molecule has 1 N–H and O–H groups in total. The van der Waals surface area contributed by atoms with Gasteiger partial charge < -0.3 is 5.11 Å². The van der Waals surface area contributed by atoms with Gasteiger partial charge in [0.2, 0.25) is 0 Å². The summed E-state index contributed by atoms with van der Waals surface area (Å²) in [6.45, 7) is 1.91. The van der Waals surface area contributed by atoms with Gasteiger partial charge in [-0.1, -0.05) is 34.1 Å². The second kappa shape index (κ2) is 6.35. The summed E-state index contributed by atoms with van der Waals surface area (Å²) in [4.78, 5) is 21.7. The van der Waals surface area contributed by atoms with Crippen LogP contribution in [0.25, 0.3) is 6.08 Å². The van der Waals surface area contributed by atoms with Crippen LogP contribution in [0.5, 0.6) is 0 Å². The number of ketones is 1. The molecule has 0 saturated heterocycles. The highest BCUT2D eigenvalue weighted by Crippen LogP contribution is 2.13. The van der Waals surface area contributed by atoms with Crippen LogP contribution in [0, 0.1) is 6.92 Å². The van der Waals surface area contributed by atoms with Gasteiger partial charge >= 0.3 is 5.97 Å². The van der Waals surface area contributed by atoms with E-state index < -0.39 is 5.97 Å². The Bertz CT molecular complexity index is 464. The van der Waals surface area contributed by atoms with Gasteiger partial charge in [-0.3, -0.25) is 4.79 Å². The Morgan fingerprint density at radius 1 is 1.41 bits per heavy atom. The first-order chi connectivity index (χ1) is 8.02. The second-order valence-electron chi connectivity index (χ2n) is 3.71. The van der Waals surface area contributed by atoms with Crippen molar-refractivity contribution in [1.82, 2.24) is 0 Å². The quantitative estimate of drug-likeness (QED) is 0.671. The van der Waals surface area contributed by atoms with Crippen molar-refractivity contribution in [3.63, 3.8) is 0 Å². The van der Waals surface area contributed by atoms with E-state index in [4.69, 9.17) is 5.11 Å². The third kappa shape index (κ3) is 4.53. The zero-order valence-corrected chi connectivity index (χ0v) is 11.0. The van der Waals surface area contributed by atoms with E-state index in [1.165, 1.54) is 6.08 Å². The molecule has 1 aromatic rings. The van der Waals surface area contributed by atoms with Gasteiger partial charge in [-0.2, -0.15) is 0 Å². The van der Waals surface area contributed by atoms with Crippen molar-refractivity contribution in [2.45, 2.75) is 13.3 Å². The van der Waals surface area contributed by atoms with E-state index in [1.54, 1.807) is 0 Å². The number of carboxylic acid groups (broad SMARTS) is 1. The molecule has 17 heavy (non-hydrogen) atoms. The number of Topliss-reactive ketones (excluding diaryl/α,β-unsaturated/α-hetero) is 1. The number of aryl methyl sites for hydroxylation is 1. The molecule has 0 aliphatic rings. The van der Waals surface area contributed by atoms with E-state index in [2.05, 4.69) is 15.9 Å². The first-order valence-corrected chi connectivity index (χ1v) is 6.23. The van der Waals surface area contributed by atoms with Crippen LogP contribution in [0.15, 0.2) is 24.3 Å². The molecule has 0 amide bonds. The lowest BCUT2D eigenvalue weighted by Gasteiger charge is -2.05. The summed E-state index contributed by atoms with van der Waals surface area (Å²) < 4.78 is 0. The van der Waals surface area contributed by atoms with Gasteiger partial charge in [0.1, 0.15) is 5.78 Å². The summed E-state index contributed by atoms with van der Waals surface area (Å²) in [5.74, 6) is -0.844. The van der Waals surface area contributed by atoms with Crippen LogP contribution in [0.2, 0.25) is 0 Å². The van der Waals surface area contributed by atoms with Crippen molar-refractivity contribution in [2.75, 3.05) is 5.33 Å². The summed E-state index contributed by atoms with van der Waals surface area (Å²) in [5.41, 5.74) is 2.79. The lowest BCUT2D eigenvalue weighted by Crippen LogP contribution is -2.04. The number of halogens is 1. The molecule has 0 atom stereocenters. The molecular formula is C13H13BrO3. The van der Waals surface area contributed by atoms with Crippen LogP contribution in [0.1, 0.15) is 16.7 Å². The molecule has 4 heteroatoms. The number of aliphatic carboxylic acids is 1. The Hall–Kier alpha value is -1.42. The van der Waals surface area contributed by atoms with E-state index in [0.717, 1.165) is 22.8 Å². The fraction of sp³-hybridized carbons (Fsp3) is 0.231. The number of carbonyl (C=O) groups is 2. The van der Waals surface area contributed by atoms with E-state index in [9.17, 15) is 9.59 Å². The molecule has 0 aliphatic heterocycles. The lowest BCUT2D eigenvalue weighted by molar-refractivity contribution is -0.131. The maximum absolute atomic E-state index is 11.3. The van der Waals surface area contributed by atoms with E-state index in [-0.39, 0.29) is 5.78 Å². The minimum atomic E-state index is -0.971. The summed E-state index contributed by atoms with van der Waals surface area (Å²) in [5, 5.41) is 8.87. The predicted octanol–water partition coefficient (Wildman–Crippen LogP) is 2.60. The smallest absolute Gasteiger partial charge is 0.328 e. The Labute approximate surface area is 108 Å². The zero-order chi connectivity index (χ0) is 12.8. The first kappa shape index (κ1) is 13.6. The van der Waals surface area contributed by atoms with E-state index in [1.807, 2.05) is 25.1 Å². The number of benzene rings is 1. The highest BCUT2D eigenvalue weighted by Gasteiger charge is 2.04. The molecule has 0 saturated carbocycles. The van der Waals surface area contributed by atoms with Gasteiger partial charge in [-0.25, -0.2) is 4.79 Å². The van der Waals surface area contributed by atoms with Crippen LogP contribution in [0.3, 0.4) is 0 Å². The number of carboxylic acids is 1. The topological polar surface area (TPSA) is 54.4 Å². The summed E-state index contributed by atoms with van der Waals surface area (Å²) >= 11 is 3.13. The van der Waals surface area contributed by atoms with Crippen molar-refractivity contribution in [3.05, 3.63) is 41.0 Å². The van der Waals surface area contributed by atoms with Crippen LogP contribution in [0.4, 0.5) is 0 Å². The van der Waals surface area contributed by atoms with Gasteiger partial charge in [0.15, 0.2) is 0 Å². The molecule has 0 unspecified atom stereocenters. The molecule has 3 nitrogen and oxygen atoms in total. The minimum Gasteiger partial charge on any atom is -0.478 e. The average Bonchev–Trinajstić information content (AvgIpc) is 2.29. The third-order valence-electron chi connectivity index (χ3n) is 2.32. The van der Waals surface area contributed by atoms with E-state index >= 15 is 0 Å². The highest BCUT2D eigenvalue weighted by molar-refractivity contribution is 9.09. The van der Waals surface area contributed by atoms with Crippen LogP contribution < -0.4 is 0 Å².